The van der Waals surface area contributed by atoms with Gasteiger partial charge in [-0.05, 0) is 57.6 Å². The molecule has 20 heavy (non-hydrogen) atoms. The Morgan fingerprint density at radius 3 is 2.70 bits per heavy atom. The van der Waals surface area contributed by atoms with E-state index in [-0.39, 0.29) is 6.04 Å². The Labute approximate surface area is 124 Å². The quantitative estimate of drug-likeness (QED) is 0.878. The first kappa shape index (κ1) is 15.4. The molecule has 112 valence electrons. The second-order valence-corrected chi connectivity index (χ2v) is 6.40. The molecular formula is C18H30N2. The van der Waals surface area contributed by atoms with Crippen molar-refractivity contribution in [2.45, 2.75) is 77.9 Å². The van der Waals surface area contributed by atoms with Crippen LogP contribution < -0.4 is 10.6 Å². The molecule has 1 aromatic carbocycles. The fourth-order valence-electron chi connectivity index (χ4n) is 3.46. The number of rotatable bonds is 5. The highest BCUT2D eigenvalue weighted by Crippen LogP contribution is 2.35. The Morgan fingerprint density at radius 1 is 1.30 bits per heavy atom. The maximum absolute atomic E-state index is 6.21. The van der Waals surface area contributed by atoms with E-state index in [4.69, 9.17) is 5.73 Å². The minimum absolute atomic E-state index is 0.272. The number of benzene rings is 1. The summed E-state index contributed by atoms with van der Waals surface area (Å²) in [5.74, 6) is 0. The van der Waals surface area contributed by atoms with Crippen LogP contribution in [0.2, 0.25) is 0 Å². The van der Waals surface area contributed by atoms with Gasteiger partial charge >= 0.3 is 0 Å². The summed E-state index contributed by atoms with van der Waals surface area (Å²) in [5, 5.41) is 0. The average molecular weight is 274 g/mol. The van der Waals surface area contributed by atoms with Crippen LogP contribution >= 0.6 is 0 Å². The Hall–Kier alpha value is -1.02. The first-order valence-corrected chi connectivity index (χ1v) is 8.20. The molecule has 2 heteroatoms. The van der Waals surface area contributed by atoms with E-state index < -0.39 is 0 Å². The SMILES string of the molecule is CCC(N)Cc1cc(C)ccc1N1C(C)CCC1CC. The molecule has 1 fully saturated rings. The Morgan fingerprint density at radius 2 is 2.05 bits per heavy atom. The largest absolute Gasteiger partial charge is 0.366 e. The van der Waals surface area contributed by atoms with Crippen LogP contribution in [-0.4, -0.2) is 18.1 Å². The molecule has 2 N–H and O–H groups in total. The molecule has 1 aliphatic heterocycles. The standard InChI is InChI=1S/C18H30N2/c1-5-16(19)12-15-11-13(3)7-10-18(15)20-14(4)8-9-17(20)6-2/h7,10-11,14,16-17H,5-6,8-9,12,19H2,1-4H3. The first-order valence-electron chi connectivity index (χ1n) is 8.20. The van der Waals surface area contributed by atoms with Gasteiger partial charge in [0.2, 0.25) is 0 Å². The summed E-state index contributed by atoms with van der Waals surface area (Å²) in [6.45, 7) is 9.02. The minimum atomic E-state index is 0.272. The van der Waals surface area contributed by atoms with E-state index in [9.17, 15) is 0 Å². The van der Waals surface area contributed by atoms with Crippen LogP contribution in [0.15, 0.2) is 18.2 Å². The summed E-state index contributed by atoms with van der Waals surface area (Å²) >= 11 is 0. The number of nitrogens with zero attached hydrogens (tertiary/aromatic N) is 1. The van der Waals surface area contributed by atoms with Crippen molar-refractivity contribution in [2.24, 2.45) is 5.73 Å². The molecular weight excluding hydrogens is 244 g/mol. The van der Waals surface area contributed by atoms with Gasteiger partial charge in [0.25, 0.3) is 0 Å². The van der Waals surface area contributed by atoms with Crippen LogP contribution in [0.25, 0.3) is 0 Å². The van der Waals surface area contributed by atoms with Gasteiger partial charge in [0.1, 0.15) is 0 Å². The van der Waals surface area contributed by atoms with Gasteiger partial charge < -0.3 is 10.6 Å². The van der Waals surface area contributed by atoms with Gasteiger partial charge in [-0.15, -0.1) is 0 Å². The molecule has 3 atom stereocenters. The lowest BCUT2D eigenvalue weighted by atomic mass is 9.99. The molecule has 0 saturated carbocycles. The van der Waals surface area contributed by atoms with E-state index in [2.05, 4.69) is 50.8 Å². The predicted molar refractivity (Wildman–Crippen MR) is 88.4 cm³/mol. The summed E-state index contributed by atoms with van der Waals surface area (Å²) in [6.07, 6.45) is 5.90. The fraction of sp³-hybridized carbons (Fsp3) is 0.667. The average Bonchev–Trinajstić information content (AvgIpc) is 2.80. The van der Waals surface area contributed by atoms with Crippen molar-refractivity contribution in [3.63, 3.8) is 0 Å². The summed E-state index contributed by atoms with van der Waals surface area (Å²) < 4.78 is 0. The Bertz CT molecular complexity index is 441. The smallest absolute Gasteiger partial charge is 0.0404 e. The predicted octanol–water partition coefficient (Wildman–Crippen LogP) is 4.04. The highest BCUT2D eigenvalue weighted by atomic mass is 15.2. The maximum atomic E-state index is 6.21. The van der Waals surface area contributed by atoms with Crippen LogP contribution in [0.3, 0.4) is 0 Å². The van der Waals surface area contributed by atoms with Gasteiger partial charge in [-0.2, -0.15) is 0 Å². The molecule has 1 saturated heterocycles. The molecule has 0 aromatic heterocycles. The second kappa shape index (κ2) is 6.62. The third-order valence-corrected chi connectivity index (χ3v) is 4.78. The molecule has 1 aromatic rings. The molecule has 0 spiro atoms. The van der Waals surface area contributed by atoms with Gasteiger partial charge in [-0.1, -0.05) is 31.5 Å². The topological polar surface area (TPSA) is 29.3 Å². The Kier molecular flexibility index (Phi) is 5.09. The normalized spacial score (nSPS) is 24.1. The molecule has 0 aliphatic carbocycles. The van der Waals surface area contributed by atoms with Crippen LogP contribution in [0.1, 0.15) is 57.6 Å². The van der Waals surface area contributed by atoms with Gasteiger partial charge in [-0.3, -0.25) is 0 Å². The number of aryl methyl sites for hydroxylation is 1. The molecule has 2 rings (SSSR count). The number of hydrogen-bond donors (Lipinski definition) is 1. The molecule has 1 heterocycles. The van der Waals surface area contributed by atoms with Gasteiger partial charge in [0.15, 0.2) is 0 Å². The van der Waals surface area contributed by atoms with Crippen LogP contribution in [0, 0.1) is 6.92 Å². The van der Waals surface area contributed by atoms with Crippen molar-refractivity contribution < 1.29 is 0 Å². The van der Waals surface area contributed by atoms with Crippen molar-refractivity contribution >= 4 is 5.69 Å². The van der Waals surface area contributed by atoms with Crippen molar-refractivity contribution in [2.75, 3.05) is 4.90 Å². The molecule has 2 nitrogen and oxygen atoms in total. The van der Waals surface area contributed by atoms with Gasteiger partial charge in [0.05, 0.1) is 0 Å². The lowest BCUT2D eigenvalue weighted by Crippen LogP contribution is -2.35. The van der Waals surface area contributed by atoms with Gasteiger partial charge in [-0.25, -0.2) is 0 Å². The van der Waals surface area contributed by atoms with Crippen LogP contribution in [0.4, 0.5) is 5.69 Å². The van der Waals surface area contributed by atoms with Crippen molar-refractivity contribution in [3.8, 4) is 0 Å². The summed E-state index contributed by atoms with van der Waals surface area (Å²) in [4.78, 5) is 2.65. The van der Waals surface area contributed by atoms with Crippen molar-refractivity contribution in [1.29, 1.82) is 0 Å². The molecule has 0 radical (unpaired) electrons. The third kappa shape index (κ3) is 3.17. The van der Waals surface area contributed by atoms with Crippen LogP contribution in [0.5, 0.6) is 0 Å². The van der Waals surface area contributed by atoms with Crippen molar-refractivity contribution in [1.82, 2.24) is 0 Å². The van der Waals surface area contributed by atoms with E-state index in [0.717, 1.165) is 12.8 Å². The second-order valence-electron chi connectivity index (χ2n) is 6.40. The zero-order chi connectivity index (χ0) is 14.7. The highest BCUT2D eigenvalue weighted by molar-refractivity contribution is 5.57. The van der Waals surface area contributed by atoms with Gasteiger partial charge in [0, 0.05) is 23.8 Å². The molecule has 3 unspecified atom stereocenters. The Balaban J connectivity index is 2.34. The molecule has 1 aliphatic rings. The zero-order valence-corrected chi connectivity index (χ0v) is 13.5. The zero-order valence-electron chi connectivity index (χ0n) is 13.5. The highest BCUT2D eigenvalue weighted by Gasteiger charge is 2.30. The van der Waals surface area contributed by atoms with Crippen LogP contribution in [-0.2, 0) is 6.42 Å². The van der Waals surface area contributed by atoms with E-state index >= 15 is 0 Å². The summed E-state index contributed by atoms with van der Waals surface area (Å²) in [5.41, 5.74) is 10.4. The monoisotopic (exact) mass is 274 g/mol. The number of hydrogen-bond acceptors (Lipinski definition) is 2. The lowest BCUT2D eigenvalue weighted by molar-refractivity contribution is 0.613. The maximum Gasteiger partial charge on any atom is 0.0404 e. The van der Waals surface area contributed by atoms with E-state index in [1.165, 1.54) is 36.1 Å². The van der Waals surface area contributed by atoms with E-state index in [0.29, 0.717) is 12.1 Å². The van der Waals surface area contributed by atoms with Crippen molar-refractivity contribution in [3.05, 3.63) is 29.3 Å². The molecule has 0 bridgehead atoms. The number of anilines is 1. The third-order valence-electron chi connectivity index (χ3n) is 4.78. The van der Waals surface area contributed by atoms with E-state index in [1.807, 2.05) is 0 Å². The van der Waals surface area contributed by atoms with E-state index in [1.54, 1.807) is 0 Å². The first-order chi connectivity index (χ1) is 9.56. The summed E-state index contributed by atoms with van der Waals surface area (Å²) in [7, 11) is 0. The number of nitrogens with two attached hydrogens (primary N) is 1. The minimum Gasteiger partial charge on any atom is -0.366 e. The fourth-order valence-corrected chi connectivity index (χ4v) is 3.46. The summed E-state index contributed by atoms with van der Waals surface area (Å²) in [6, 6.07) is 8.52. The molecule has 0 amide bonds. The lowest BCUT2D eigenvalue weighted by Gasteiger charge is -2.33.